The number of benzene rings is 1. The first-order chi connectivity index (χ1) is 7.91. The third-order valence-electron chi connectivity index (χ3n) is 2.71. The van der Waals surface area contributed by atoms with Crippen LogP contribution in [0, 0.1) is 0 Å². The fraction of sp³-hybridized carbons (Fsp3) is 0.417. The van der Waals surface area contributed by atoms with Gasteiger partial charge in [-0.1, -0.05) is 23.7 Å². The molecule has 0 saturated heterocycles. The highest BCUT2D eigenvalue weighted by Crippen LogP contribution is 2.18. The molecule has 2 atom stereocenters. The Morgan fingerprint density at radius 1 is 1.53 bits per heavy atom. The van der Waals surface area contributed by atoms with Gasteiger partial charge in [-0.05, 0) is 31.7 Å². The molecule has 0 heterocycles. The molecule has 0 spiro atoms. The third-order valence-corrected chi connectivity index (χ3v) is 2.95. The Kier molecular flexibility index (Phi) is 4.93. The van der Waals surface area contributed by atoms with E-state index in [1.54, 1.807) is 43.1 Å². The number of carbonyl (C=O) groups is 1. The van der Waals surface area contributed by atoms with Gasteiger partial charge in [-0.15, -0.1) is 0 Å². The van der Waals surface area contributed by atoms with Gasteiger partial charge < -0.3 is 10.2 Å². The summed E-state index contributed by atoms with van der Waals surface area (Å²) >= 11 is 5.82. The molecule has 2 unspecified atom stereocenters. The van der Waals surface area contributed by atoms with E-state index >= 15 is 0 Å². The molecule has 0 radical (unpaired) electrons. The summed E-state index contributed by atoms with van der Waals surface area (Å²) in [4.78, 5) is 12.3. The van der Waals surface area contributed by atoms with Crippen molar-refractivity contribution in [1.29, 1.82) is 0 Å². The average Bonchev–Trinajstić information content (AvgIpc) is 2.27. The number of rotatable bonds is 5. The highest BCUT2D eigenvalue weighted by atomic mass is 35.5. The van der Waals surface area contributed by atoms with E-state index < -0.39 is 18.1 Å². The second kappa shape index (κ2) is 6.00. The van der Waals surface area contributed by atoms with Gasteiger partial charge in [0.15, 0.2) is 0 Å². The number of aliphatic hydroxyl groups excluding tert-OH is 1. The Morgan fingerprint density at radius 2 is 2.18 bits per heavy atom. The molecule has 0 fully saturated rings. The summed E-state index contributed by atoms with van der Waals surface area (Å²) in [5.74, 6) is -0.911. The maximum Gasteiger partial charge on any atom is 0.320 e. The number of likely N-dealkylation sites (N-methyl/N-ethyl adjacent to an activating group) is 1. The number of hydrogen-bond donors (Lipinski definition) is 2. The highest BCUT2D eigenvalue weighted by Gasteiger charge is 2.20. The zero-order valence-electron chi connectivity index (χ0n) is 9.80. The van der Waals surface area contributed by atoms with Gasteiger partial charge in [0.05, 0.1) is 6.10 Å². The topological polar surface area (TPSA) is 60.8 Å². The van der Waals surface area contributed by atoms with Gasteiger partial charge >= 0.3 is 5.97 Å². The molecule has 17 heavy (non-hydrogen) atoms. The molecule has 4 nitrogen and oxygen atoms in total. The Hall–Kier alpha value is -1.10. The van der Waals surface area contributed by atoms with Crippen molar-refractivity contribution in [2.75, 3.05) is 13.6 Å². The lowest BCUT2D eigenvalue weighted by atomic mass is 10.1. The fourth-order valence-corrected chi connectivity index (χ4v) is 1.64. The van der Waals surface area contributed by atoms with Crippen molar-refractivity contribution < 1.29 is 15.0 Å². The van der Waals surface area contributed by atoms with Crippen LogP contribution in [0.3, 0.4) is 0 Å². The lowest BCUT2D eigenvalue weighted by molar-refractivity contribution is -0.142. The lowest BCUT2D eigenvalue weighted by Gasteiger charge is -2.24. The van der Waals surface area contributed by atoms with E-state index in [1.165, 1.54) is 0 Å². The van der Waals surface area contributed by atoms with Crippen LogP contribution in [-0.2, 0) is 4.79 Å². The number of carboxylic acid groups (broad SMARTS) is 1. The minimum Gasteiger partial charge on any atom is -0.480 e. The largest absolute Gasteiger partial charge is 0.480 e. The molecule has 0 aliphatic heterocycles. The summed E-state index contributed by atoms with van der Waals surface area (Å²) in [6.45, 7) is 1.82. The standard InChI is InChI=1S/C12H16ClNO3/c1-8(12(16)17)14(2)7-11(15)9-4-3-5-10(13)6-9/h3-6,8,11,15H,7H2,1-2H3,(H,16,17). The smallest absolute Gasteiger partial charge is 0.320 e. The quantitative estimate of drug-likeness (QED) is 0.844. The molecule has 1 aromatic rings. The zero-order valence-corrected chi connectivity index (χ0v) is 10.6. The molecule has 0 aliphatic rings. The highest BCUT2D eigenvalue weighted by molar-refractivity contribution is 6.30. The van der Waals surface area contributed by atoms with Crippen LogP contribution in [0.15, 0.2) is 24.3 Å². The Balaban J connectivity index is 2.66. The minimum absolute atomic E-state index is 0.244. The van der Waals surface area contributed by atoms with Gasteiger partial charge in [0.2, 0.25) is 0 Å². The van der Waals surface area contributed by atoms with Gasteiger partial charge in [0.1, 0.15) is 6.04 Å². The first-order valence-corrected chi connectivity index (χ1v) is 5.66. The Labute approximate surface area is 105 Å². The third kappa shape index (κ3) is 4.00. The van der Waals surface area contributed by atoms with Crippen molar-refractivity contribution in [3.8, 4) is 0 Å². The van der Waals surface area contributed by atoms with E-state index in [1.807, 2.05) is 0 Å². The minimum atomic E-state index is -0.911. The molecule has 0 amide bonds. The summed E-state index contributed by atoms with van der Waals surface area (Å²) in [5.41, 5.74) is 0.682. The molecular weight excluding hydrogens is 242 g/mol. The second-order valence-corrected chi connectivity index (χ2v) is 4.46. The van der Waals surface area contributed by atoms with Crippen LogP contribution in [0.2, 0.25) is 5.02 Å². The summed E-state index contributed by atoms with van der Waals surface area (Å²) < 4.78 is 0. The molecule has 5 heteroatoms. The number of halogens is 1. The van der Waals surface area contributed by atoms with E-state index in [0.717, 1.165) is 0 Å². The number of nitrogens with zero attached hydrogens (tertiary/aromatic N) is 1. The van der Waals surface area contributed by atoms with Crippen molar-refractivity contribution in [3.05, 3.63) is 34.9 Å². The molecule has 0 aromatic heterocycles. The van der Waals surface area contributed by atoms with Crippen molar-refractivity contribution >= 4 is 17.6 Å². The lowest BCUT2D eigenvalue weighted by Crippen LogP contribution is -2.38. The number of hydrogen-bond acceptors (Lipinski definition) is 3. The number of aliphatic carboxylic acids is 1. The predicted octanol–water partition coefficient (Wildman–Crippen LogP) is 1.78. The molecule has 2 N–H and O–H groups in total. The SMILES string of the molecule is CC(C(=O)O)N(C)CC(O)c1cccc(Cl)c1. The van der Waals surface area contributed by atoms with Gasteiger partial charge in [-0.25, -0.2) is 0 Å². The maximum atomic E-state index is 10.8. The van der Waals surface area contributed by atoms with E-state index in [0.29, 0.717) is 10.6 Å². The normalized spacial score (nSPS) is 14.6. The van der Waals surface area contributed by atoms with E-state index in [-0.39, 0.29) is 6.54 Å². The number of aliphatic hydroxyl groups is 1. The molecule has 1 rings (SSSR count). The van der Waals surface area contributed by atoms with Gasteiger partial charge in [0.25, 0.3) is 0 Å². The van der Waals surface area contributed by atoms with Crippen molar-refractivity contribution in [1.82, 2.24) is 4.90 Å². The van der Waals surface area contributed by atoms with Crippen molar-refractivity contribution in [2.24, 2.45) is 0 Å². The average molecular weight is 258 g/mol. The molecule has 94 valence electrons. The number of carboxylic acids is 1. The van der Waals surface area contributed by atoms with Gasteiger partial charge in [-0.3, -0.25) is 9.69 Å². The van der Waals surface area contributed by atoms with Crippen molar-refractivity contribution in [3.63, 3.8) is 0 Å². The summed E-state index contributed by atoms with van der Waals surface area (Å²) in [6, 6.07) is 6.27. The van der Waals surface area contributed by atoms with E-state index in [9.17, 15) is 9.90 Å². The maximum absolute atomic E-state index is 10.8. The van der Waals surface area contributed by atoms with Crippen LogP contribution in [-0.4, -0.2) is 40.7 Å². The molecule has 0 bridgehead atoms. The molecule has 0 aliphatic carbocycles. The van der Waals surface area contributed by atoms with E-state index in [4.69, 9.17) is 16.7 Å². The van der Waals surface area contributed by atoms with Crippen molar-refractivity contribution in [2.45, 2.75) is 19.1 Å². The van der Waals surface area contributed by atoms with Gasteiger partial charge in [-0.2, -0.15) is 0 Å². The summed E-state index contributed by atoms with van der Waals surface area (Å²) in [5, 5.41) is 19.3. The van der Waals surface area contributed by atoms with Crippen LogP contribution in [0.5, 0.6) is 0 Å². The monoisotopic (exact) mass is 257 g/mol. The Bertz CT molecular complexity index is 397. The fourth-order valence-electron chi connectivity index (χ4n) is 1.44. The second-order valence-electron chi connectivity index (χ2n) is 4.02. The molecule has 0 saturated carbocycles. The first-order valence-electron chi connectivity index (χ1n) is 5.28. The summed E-state index contributed by atoms with van der Waals surface area (Å²) in [7, 11) is 1.66. The Morgan fingerprint density at radius 3 is 2.71 bits per heavy atom. The first kappa shape index (κ1) is 14.0. The van der Waals surface area contributed by atoms with Crippen LogP contribution in [0.25, 0.3) is 0 Å². The molecule has 1 aromatic carbocycles. The summed E-state index contributed by atoms with van der Waals surface area (Å²) in [6.07, 6.45) is -0.750. The predicted molar refractivity (Wildman–Crippen MR) is 66.1 cm³/mol. The molecular formula is C12H16ClNO3. The van der Waals surface area contributed by atoms with Crippen LogP contribution >= 0.6 is 11.6 Å². The van der Waals surface area contributed by atoms with Crippen LogP contribution < -0.4 is 0 Å². The van der Waals surface area contributed by atoms with Crippen LogP contribution in [0.4, 0.5) is 0 Å². The zero-order chi connectivity index (χ0) is 13.0. The van der Waals surface area contributed by atoms with E-state index in [2.05, 4.69) is 0 Å². The van der Waals surface area contributed by atoms with Gasteiger partial charge in [0, 0.05) is 11.6 Å². The van der Waals surface area contributed by atoms with Crippen LogP contribution in [0.1, 0.15) is 18.6 Å².